The van der Waals surface area contributed by atoms with Crippen molar-refractivity contribution in [2.75, 3.05) is 19.5 Å². The van der Waals surface area contributed by atoms with Crippen LogP contribution in [0.1, 0.15) is 21.7 Å². The van der Waals surface area contributed by atoms with Gasteiger partial charge in [0.1, 0.15) is 11.5 Å². The van der Waals surface area contributed by atoms with Gasteiger partial charge in [0, 0.05) is 11.6 Å². The van der Waals surface area contributed by atoms with E-state index in [1.807, 2.05) is 62.4 Å². The minimum atomic E-state index is -0.446. The molecule has 0 atom stereocenters. The van der Waals surface area contributed by atoms with Crippen LogP contribution in [-0.2, 0) is 0 Å². The number of carbonyl (C=O) groups excluding carboxylic acids is 1. The second-order valence-corrected chi connectivity index (χ2v) is 7.28. The lowest BCUT2D eigenvalue weighted by molar-refractivity contribution is 0.101. The van der Waals surface area contributed by atoms with E-state index in [9.17, 15) is 4.79 Å². The van der Waals surface area contributed by atoms with Crippen molar-refractivity contribution in [2.24, 2.45) is 0 Å². The van der Waals surface area contributed by atoms with E-state index in [-0.39, 0.29) is 5.82 Å². The first-order chi connectivity index (χ1) is 15.5. The van der Waals surface area contributed by atoms with Crippen LogP contribution in [0.15, 0.2) is 66.7 Å². The molecule has 4 aromatic rings. The van der Waals surface area contributed by atoms with E-state index < -0.39 is 5.91 Å². The Bertz CT molecular complexity index is 1270. The van der Waals surface area contributed by atoms with Gasteiger partial charge >= 0.3 is 0 Å². The topological polar surface area (TPSA) is 78.3 Å². The summed E-state index contributed by atoms with van der Waals surface area (Å²) in [6, 6.07) is 20.8. The summed E-state index contributed by atoms with van der Waals surface area (Å²) in [6.07, 6.45) is 0. The zero-order valence-corrected chi connectivity index (χ0v) is 18.4. The summed E-state index contributed by atoms with van der Waals surface area (Å²) in [5.74, 6) is 1.30. The molecule has 0 saturated heterocycles. The molecule has 0 unspecified atom stereocenters. The molecule has 1 heterocycles. The molecule has 1 aromatic heterocycles. The molecule has 32 heavy (non-hydrogen) atoms. The molecule has 0 fully saturated rings. The summed E-state index contributed by atoms with van der Waals surface area (Å²) in [5, 5.41) is 7.41. The molecule has 1 amide bonds. The van der Waals surface area contributed by atoms with Crippen LogP contribution >= 0.6 is 0 Å². The van der Waals surface area contributed by atoms with E-state index in [2.05, 4.69) is 15.4 Å². The minimum Gasteiger partial charge on any atom is -0.497 e. The lowest BCUT2D eigenvalue weighted by atomic mass is 10.1. The van der Waals surface area contributed by atoms with Gasteiger partial charge in [-0.3, -0.25) is 4.79 Å². The van der Waals surface area contributed by atoms with E-state index >= 15 is 0 Å². The van der Waals surface area contributed by atoms with Crippen molar-refractivity contribution in [1.82, 2.24) is 14.8 Å². The van der Waals surface area contributed by atoms with Gasteiger partial charge in [0.25, 0.3) is 5.91 Å². The summed E-state index contributed by atoms with van der Waals surface area (Å²) >= 11 is 0. The smallest absolute Gasteiger partial charge is 0.295 e. The molecule has 0 aliphatic carbocycles. The third-order valence-electron chi connectivity index (χ3n) is 5.30. The molecule has 0 aliphatic rings. The number of anilines is 1. The quantitative estimate of drug-likeness (QED) is 0.476. The van der Waals surface area contributed by atoms with Crippen LogP contribution in [0.25, 0.3) is 17.1 Å². The fourth-order valence-corrected chi connectivity index (χ4v) is 3.41. The van der Waals surface area contributed by atoms with Crippen molar-refractivity contribution in [3.8, 4) is 28.6 Å². The molecule has 162 valence electrons. The van der Waals surface area contributed by atoms with Crippen LogP contribution in [0.3, 0.4) is 0 Å². The Labute approximate surface area is 186 Å². The Morgan fingerprint density at radius 2 is 1.72 bits per heavy atom. The standard InChI is InChI=1S/C25H24N4O3/c1-16-9-8-12-21(17(16)2)29-24(18-10-6-5-7-11-18)27-23(28-29)25(30)26-20-15-19(31-3)13-14-22(20)32-4/h5-15H,1-4H3,(H,26,30). The van der Waals surface area contributed by atoms with Crippen LogP contribution in [0.4, 0.5) is 5.69 Å². The van der Waals surface area contributed by atoms with Crippen molar-refractivity contribution < 1.29 is 14.3 Å². The largest absolute Gasteiger partial charge is 0.497 e. The highest BCUT2D eigenvalue weighted by Gasteiger charge is 2.21. The highest BCUT2D eigenvalue weighted by atomic mass is 16.5. The predicted molar refractivity (Wildman–Crippen MR) is 124 cm³/mol. The number of aryl methyl sites for hydroxylation is 1. The predicted octanol–water partition coefficient (Wildman–Crippen LogP) is 4.82. The summed E-state index contributed by atoms with van der Waals surface area (Å²) < 4.78 is 12.3. The van der Waals surface area contributed by atoms with Gasteiger partial charge in [-0.25, -0.2) is 9.67 Å². The van der Waals surface area contributed by atoms with Gasteiger partial charge in [-0.2, -0.15) is 0 Å². The third kappa shape index (κ3) is 4.05. The number of benzene rings is 3. The lowest BCUT2D eigenvalue weighted by Crippen LogP contribution is -2.15. The van der Waals surface area contributed by atoms with Crippen LogP contribution in [0.5, 0.6) is 11.5 Å². The number of methoxy groups -OCH3 is 2. The molecule has 4 rings (SSSR count). The number of hydrogen-bond acceptors (Lipinski definition) is 5. The Kier molecular flexibility index (Phi) is 5.89. The molecule has 0 saturated carbocycles. The highest BCUT2D eigenvalue weighted by Crippen LogP contribution is 2.30. The summed E-state index contributed by atoms with van der Waals surface area (Å²) in [5.41, 5.74) is 4.40. The number of rotatable bonds is 6. The first-order valence-corrected chi connectivity index (χ1v) is 10.1. The Morgan fingerprint density at radius 1 is 0.938 bits per heavy atom. The van der Waals surface area contributed by atoms with Gasteiger partial charge in [0.05, 0.1) is 25.6 Å². The maximum Gasteiger partial charge on any atom is 0.295 e. The summed E-state index contributed by atoms with van der Waals surface area (Å²) in [7, 11) is 3.10. The molecule has 7 heteroatoms. The lowest BCUT2D eigenvalue weighted by Gasteiger charge is -2.11. The van der Waals surface area contributed by atoms with E-state index in [0.717, 1.165) is 22.4 Å². The van der Waals surface area contributed by atoms with Gasteiger partial charge in [-0.05, 0) is 43.2 Å². The highest BCUT2D eigenvalue weighted by molar-refractivity contribution is 6.02. The molecule has 0 spiro atoms. The molecule has 3 aromatic carbocycles. The summed E-state index contributed by atoms with van der Waals surface area (Å²) in [4.78, 5) is 17.7. The van der Waals surface area contributed by atoms with Gasteiger partial charge in [0.15, 0.2) is 5.82 Å². The average Bonchev–Trinajstić information content (AvgIpc) is 3.27. The van der Waals surface area contributed by atoms with E-state index in [0.29, 0.717) is 23.0 Å². The number of hydrogen-bond donors (Lipinski definition) is 1. The van der Waals surface area contributed by atoms with Gasteiger partial charge in [-0.1, -0.05) is 42.5 Å². The number of nitrogens with zero attached hydrogens (tertiary/aromatic N) is 3. The number of ether oxygens (including phenoxy) is 2. The number of aromatic nitrogens is 3. The van der Waals surface area contributed by atoms with E-state index in [1.165, 1.54) is 0 Å². The van der Waals surface area contributed by atoms with Crippen molar-refractivity contribution in [2.45, 2.75) is 13.8 Å². The SMILES string of the molecule is COc1ccc(OC)c(NC(=O)c2nc(-c3ccccc3)n(-c3cccc(C)c3C)n2)c1. The van der Waals surface area contributed by atoms with Crippen molar-refractivity contribution in [3.05, 3.63) is 83.7 Å². The maximum atomic E-state index is 13.1. The monoisotopic (exact) mass is 428 g/mol. The fraction of sp³-hybridized carbons (Fsp3) is 0.160. The zero-order chi connectivity index (χ0) is 22.7. The van der Waals surface area contributed by atoms with Crippen LogP contribution < -0.4 is 14.8 Å². The molecule has 1 N–H and O–H groups in total. The van der Waals surface area contributed by atoms with Crippen LogP contribution in [-0.4, -0.2) is 34.9 Å². The number of amides is 1. The minimum absolute atomic E-state index is 0.0506. The second-order valence-electron chi connectivity index (χ2n) is 7.28. The first-order valence-electron chi connectivity index (χ1n) is 10.1. The van der Waals surface area contributed by atoms with Crippen molar-refractivity contribution in [3.63, 3.8) is 0 Å². The Morgan fingerprint density at radius 3 is 2.44 bits per heavy atom. The van der Waals surface area contributed by atoms with E-state index in [4.69, 9.17) is 9.47 Å². The maximum absolute atomic E-state index is 13.1. The fourth-order valence-electron chi connectivity index (χ4n) is 3.41. The third-order valence-corrected chi connectivity index (χ3v) is 5.30. The molecule has 0 bridgehead atoms. The van der Waals surface area contributed by atoms with Crippen molar-refractivity contribution in [1.29, 1.82) is 0 Å². The normalized spacial score (nSPS) is 10.6. The summed E-state index contributed by atoms with van der Waals surface area (Å²) in [6.45, 7) is 4.07. The molecule has 7 nitrogen and oxygen atoms in total. The van der Waals surface area contributed by atoms with E-state index in [1.54, 1.807) is 37.1 Å². The molecular weight excluding hydrogens is 404 g/mol. The van der Waals surface area contributed by atoms with Gasteiger partial charge in [-0.15, -0.1) is 5.10 Å². The number of nitrogens with one attached hydrogen (secondary N) is 1. The second kappa shape index (κ2) is 8.93. The van der Waals surface area contributed by atoms with Crippen LogP contribution in [0.2, 0.25) is 0 Å². The Balaban J connectivity index is 1.78. The molecular formula is C25H24N4O3. The zero-order valence-electron chi connectivity index (χ0n) is 18.4. The van der Waals surface area contributed by atoms with Gasteiger partial charge < -0.3 is 14.8 Å². The van der Waals surface area contributed by atoms with Crippen LogP contribution in [0, 0.1) is 13.8 Å². The number of carbonyl (C=O) groups is 1. The first kappa shape index (κ1) is 21.1. The van der Waals surface area contributed by atoms with Crippen molar-refractivity contribution >= 4 is 11.6 Å². The molecule has 0 radical (unpaired) electrons. The van der Waals surface area contributed by atoms with Gasteiger partial charge in [0.2, 0.25) is 5.82 Å². The Hall–Kier alpha value is -4.13. The molecule has 0 aliphatic heterocycles. The average molecular weight is 428 g/mol.